The molecular formula is C16H25BrO. The smallest absolute Gasteiger partial charge is 0.104 e. The van der Waals surface area contributed by atoms with Crippen LogP contribution in [0.3, 0.4) is 0 Å². The zero-order valence-corrected chi connectivity index (χ0v) is 13.0. The van der Waals surface area contributed by atoms with Crippen molar-refractivity contribution in [2.75, 3.05) is 5.33 Å². The molecule has 1 aliphatic carbocycles. The molecule has 1 saturated carbocycles. The van der Waals surface area contributed by atoms with Gasteiger partial charge < -0.3 is 4.42 Å². The standard InChI is InChI=1S/C16H25BrO/c1-2-3-5-14-7-9-16(13-17,10-8-14)12-15-6-4-11-18-15/h4,6,11,14H,2-3,5,7-10,12-13H2,1H3. The van der Waals surface area contributed by atoms with Gasteiger partial charge in [-0.05, 0) is 49.1 Å². The third-order valence-electron chi connectivity index (χ3n) is 4.54. The van der Waals surface area contributed by atoms with Crippen LogP contribution in [-0.2, 0) is 6.42 Å². The Hall–Kier alpha value is -0.240. The molecule has 2 rings (SSSR count). The average Bonchev–Trinajstić information content (AvgIpc) is 2.91. The fraction of sp³-hybridized carbons (Fsp3) is 0.750. The number of hydrogen-bond acceptors (Lipinski definition) is 1. The largest absolute Gasteiger partial charge is 0.469 e. The zero-order valence-electron chi connectivity index (χ0n) is 11.5. The van der Waals surface area contributed by atoms with Crippen LogP contribution >= 0.6 is 15.9 Å². The number of unbranched alkanes of at least 4 members (excludes halogenated alkanes) is 1. The summed E-state index contributed by atoms with van der Waals surface area (Å²) in [6, 6.07) is 4.12. The van der Waals surface area contributed by atoms with Crippen LogP contribution in [0.15, 0.2) is 22.8 Å². The summed E-state index contributed by atoms with van der Waals surface area (Å²) in [6.45, 7) is 2.29. The van der Waals surface area contributed by atoms with E-state index in [-0.39, 0.29) is 0 Å². The van der Waals surface area contributed by atoms with Crippen LogP contribution in [0.25, 0.3) is 0 Å². The molecule has 1 fully saturated rings. The second kappa shape index (κ2) is 6.79. The van der Waals surface area contributed by atoms with Crippen molar-refractivity contribution in [2.24, 2.45) is 11.3 Å². The molecule has 1 aliphatic rings. The zero-order chi connectivity index (χ0) is 12.8. The Balaban J connectivity index is 1.87. The van der Waals surface area contributed by atoms with E-state index in [2.05, 4.69) is 28.9 Å². The van der Waals surface area contributed by atoms with E-state index in [0.717, 1.165) is 23.4 Å². The van der Waals surface area contributed by atoms with Crippen molar-refractivity contribution in [3.63, 3.8) is 0 Å². The molecular weight excluding hydrogens is 288 g/mol. The molecule has 0 bridgehead atoms. The van der Waals surface area contributed by atoms with Crippen molar-refractivity contribution in [2.45, 2.75) is 58.3 Å². The third-order valence-corrected chi connectivity index (χ3v) is 5.73. The maximum Gasteiger partial charge on any atom is 0.104 e. The lowest BCUT2D eigenvalue weighted by Crippen LogP contribution is -2.31. The van der Waals surface area contributed by atoms with Gasteiger partial charge in [0.2, 0.25) is 0 Å². The number of rotatable bonds is 6. The molecule has 1 aromatic rings. The fourth-order valence-electron chi connectivity index (χ4n) is 3.21. The third kappa shape index (κ3) is 3.63. The van der Waals surface area contributed by atoms with Gasteiger partial charge in [0.1, 0.15) is 5.76 Å². The molecule has 1 nitrogen and oxygen atoms in total. The van der Waals surface area contributed by atoms with Gasteiger partial charge in [-0.3, -0.25) is 0 Å². The molecule has 2 heteroatoms. The Morgan fingerprint density at radius 1 is 1.39 bits per heavy atom. The van der Waals surface area contributed by atoms with Crippen LogP contribution in [-0.4, -0.2) is 5.33 Å². The van der Waals surface area contributed by atoms with E-state index < -0.39 is 0 Å². The highest BCUT2D eigenvalue weighted by molar-refractivity contribution is 9.09. The summed E-state index contributed by atoms with van der Waals surface area (Å²) in [5, 5.41) is 1.11. The Morgan fingerprint density at radius 2 is 2.17 bits per heavy atom. The van der Waals surface area contributed by atoms with Crippen molar-refractivity contribution in [3.05, 3.63) is 24.2 Å². The first-order valence-corrected chi connectivity index (χ1v) is 8.48. The van der Waals surface area contributed by atoms with Crippen molar-refractivity contribution in [1.82, 2.24) is 0 Å². The maximum atomic E-state index is 5.53. The van der Waals surface area contributed by atoms with Gasteiger partial charge in [-0.2, -0.15) is 0 Å². The van der Waals surface area contributed by atoms with E-state index in [1.54, 1.807) is 6.26 Å². The number of alkyl halides is 1. The average molecular weight is 313 g/mol. The van der Waals surface area contributed by atoms with Gasteiger partial charge in [-0.1, -0.05) is 42.1 Å². The maximum absolute atomic E-state index is 5.53. The topological polar surface area (TPSA) is 13.1 Å². The monoisotopic (exact) mass is 312 g/mol. The predicted molar refractivity (Wildman–Crippen MR) is 80.1 cm³/mol. The summed E-state index contributed by atoms with van der Waals surface area (Å²) in [5.74, 6) is 2.13. The first-order chi connectivity index (χ1) is 8.78. The fourth-order valence-corrected chi connectivity index (χ4v) is 3.97. The van der Waals surface area contributed by atoms with Crippen LogP contribution in [0.5, 0.6) is 0 Å². The molecule has 0 N–H and O–H groups in total. The minimum atomic E-state index is 0.445. The number of furan rings is 1. The van der Waals surface area contributed by atoms with Gasteiger partial charge in [0.15, 0.2) is 0 Å². The quantitative estimate of drug-likeness (QED) is 0.624. The second-order valence-corrected chi connectivity index (χ2v) is 6.54. The van der Waals surface area contributed by atoms with E-state index in [1.807, 2.05) is 6.07 Å². The van der Waals surface area contributed by atoms with Crippen LogP contribution < -0.4 is 0 Å². The van der Waals surface area contributed by atoms with Gasteiger partial charge >= 0.3 is 0 Å². The molecule has 0 unspecified atom stereocenters. The SMILES string of the molecule is CCCCC1CCC(CBr)(Cc2ccco2)CC1. The summed E-state index contributed by atoms with van der Waals surface area (Å²) in [6.07, 6.45) is 12.6. The lowest BCUT2D eigenvalue weighted by Gasteiger charge is -2.38. The highest BCUT2D eigenvalue weighted by Crippen LogP contribution is 2.44. The van der Waals surface area contributed by atoms with E-state index in [4.69, 9.17) is 4.42 Å². The second-order valence-electron chi connectivity index (χ2n) is 5.98. The van der Waals surface area contributed by atoms with Gasteiger partial charge in [0.05, 0.1) is 6.26 Å². The first kappa shape index (κ1) is 14.2. The van der Waals surface area contributed by atoms with E-state index in [1.165, 1.54) is 44.9 Å². The molecule has 1 heterocycles. The van der Waals surface area contributed by atoms with Gasteiger partial charge in [-0.25, -0.2) is 0 Å². The van der Waals surface area contributed by atoms with E-state index in [0.29, 0.717) is 5.41 Å². The molecule has 0 aliphatic heterocycles. The lowest BCUT2D eigenvalue weighted by atomic mass is 9.68. The number of halogens is 1. The van der Waals surface area contributed by atoms with Gasteiger partial charge in [-0.15, -0.1) is 0 Å². The van der Waals surface area contributed by atoms with Crippen molar-refractivity contribution in [1.29, 1.82) is 0 Å². The summed E-state index contributed by atoms with van der Waals surface area (Å²) >= 11 is 3.74. The van der Waals surface area contributed by atoms with E-state index in [9.17, 15) is 0 Å². The Morgan fingerprint density at radius 3 is 2.72 bits per heavy atom. The molecule has 18 heavy (non-hydrogen) atoms. The van der Waals surface area contributed by atoms with E-state index >= 15 is 0 Å². The Kier molecular flexibility index (Phi) is 5.35. The molecule has 0 spiro atoms. The van der Waals surface area contributed by atoms with Crippen LogP contribution in [0.2, 0.25) is 0 Å². The minimum absolute atomic E-state index is 0.445. The Bertz CT molecular complexity index is 323. The molecule has 0 radical (unpaired) electrons. The summed E-state index contributed by atoms with van der Waals surface area (Å²) in [7, 11) is 0. The molecule has 0 amide bonds. The predicted octanol–water partition coefficient (Wildman–Crippen LogP) is 5.58. The van der Waals surface area contributed by atoms with Gasteiger partial charge in [0, 0.05) is 11.8 Å². The summed E-state index contributed by atoms with van der Waals surface area (Å²) < 4.78 is 5.53. The highest BCUT2D eigenvalue weighted by Gasteiger charge is 2.35. The van der Waals surface area contributed by atoms with Crippen molar-refractivity contribution < 1.29 is 4.42 Å². The summed E-state index contributed by atoms with van der Waals surface area (Å²) in [5.41, 5.74) is 0.445. The van der Waals surface area contributed by atoms with Crippen molar-refractivity contribution in [3.8, 4) is 0 Å². The first-order valence-electron chi connectivity index (χ1n) is 7.36. The van der Waals surface area contributed by atoms with Crippen LogP contribution in [0.4, 0.5) is 0 Å². The van der Waals surface area contributed by atoms with Gasteiger partial charge in [0.25, 0.3) is 0 Å². The molecule has 1 aromatic heterocycles. The Labute approximate surface area is 119 Å². The summed E-state index contributed by atoms with van der Waals surface area (Å²) in [4.78, 5) is 0. The molecule has 0 atom stereocenters. The normalized spacial score (nSPS) is 28.4. The highest BCUT2D eigenvalue weighted by atomic mass is 79.9. The number of hydrogen-bond donors (Lipinski definition) is 0. The molecule has 0 saturated heterocycles. The van der Waals surface area contributed by atoms with Crippen LogP contribution in [0.1, 0.15) is 57.6 Å². The molecule has 102 valence electrons. The van der Waals surface area contributed by atoms with Crippen molar-refractivity contribution >= 4 is 15.9 Å². The lowest BCUT2D eigenvalue weighted by molar-refractivity contribution is 0.161. The van der Waals surface area contributed by atoms with Crippen LogP contribution in [0, 0.1) is 11.3 Å². The minimum Gasteiger partial charge on any atom is -0.469 e. The molecule has 0 aromatic carbocycles.